The molecule has 1 saturated heterocycles. The van der Waals surface area contributed by atoms with Gasteiger partial charge in [0.2, 0.25) is 0 Å². The molecule has 0 saturated carbocycles. The molecule has 12 heteroatoms. The van der Waals surface area contributed by atoms with Gasteiger partial charge in [-0.2, -0.15) is 0 Å². The second-order valence-corrected chi connectivity index (χ2v) is 15.9. The average molecular weight is 763 g/mol. The lowest BCUT2D eigenvalue weighted by Crippen LogP contribution is -2.29. The Morgan fingerprint density at radius 3 is 1.79 bits per heavy atom. The highest BCUT2D eigenvalue weighted by molar-refractivity contribution is 7.47. The van der Waals surface area contributed by atoms with Gasteiger partial charge in [0.15, 0.2) is 6.10 Å². The summed E-state index contributed by atoms with van der Waals surface area (Å²) in [6.45, 7) is 2.33. The molecule has 0 bridgehead atoms. The zero-order chi connectivity index (χ0) is 38.1. The van der Waals surface area contributed by atoms with Gasteiger partial charge in [-0.25, -0.2) is 4.57 Å². The smallest absolute Gasteiger partial charge is 0.462 e. The highest BCUT2D eigenvalue weighted by atomic mass is 31.2. The predicted octanol–water partition coefficient (Wildman–Crippen LogP) is 9.43. The monoisotopic (exact) mass is 763 g/mol. The van der Waals surface area contributed by atoms with Crippen molar-refractivity contribution in [1.82, 2.24) is 0 Å². The molecule has 306 valence electrons. The summed E-state index contributed by atoms with van der Waals surface area (Å²) < 4.78 is 38.5. The highest BCUT2D eigenvalue weighted by Crippen LogP contribution is 2.43. The van der Waals surface area contributed by atoms with Crippen molar-refractivity contribution in [3.63, 3.8) is 0 Å². The standard InChI is InChI=1S/C40H75O11P/c1-3-5-7-9-11-12-13-14-15-16-17-21-25-29-39(43)47-33-36(34-49-52(45,46)48-32-35(42)31-41)50-40(44)30-26-22-18-20-24-28-38-37(51-38)27-23-19-10-8-6-4-2/h19,23,35-38,41-42H,3-18,20-22,24-34H2,1-2H3,(H,45,46)/b23-19-/t35-,36+,37?,38?/m0/s1. The zero-order valence-corrected chi connectivity index (χ0v) is 33.6. The van der Waals surface area contributed by atoms with Crippen LogP contribution in [-0.2, 0) is 37.4 Å². The molecule has 0 amide bonds. The van der Waals surface area contributed by atoms with Crippen molar-refractivity contribution in [3.05, 3.63) is 12.2 Å². The molecule has 0 aromatic heterocycles. The molecule has 1 heterocycles. The Labute approximate surface area is 315 Å². The van der Waals surface area contributed by atoms with Gasteiger partial charge in [-0.15, -0.1) is 0 Å². The predicted molar refractivity (Wildman–Crippen MR) is 205 cm³/mol. The Morgan fingerprint density at radius 2 is 1.19 bits per heavy atom. The quantitative estimate of drug-likeness (QED) is 0.0181. The fourth-order valence-electron chi connectivity index (χ4n) is 6.00. The summed E-state index contributed by atoms with van der Waals surface area (Å²) in [4.78, 5) is 34.9. The van der Waals surface area contributed by atoms with Crippen LogP contribution in [-0.4, -0.2) is 77.9 Å². The molecule has 1 aliphatic rings. The Kier molecular flexibility index (Phi) is 30.9. The minimum Gasteiger partial charge on any atom is -0.462 e. The summed E-state index contributed by atoms with van der Waals surface area (Å²) in [7, 11) is -4.62. The summed E-state index contributed by atoms with van der Waals surface area (Å²) in [5.41, 5.74) is 0. The third kappa shape index (κ3) is 30.0. The fraction of sp³-hybridized carbons (Fsp3) is 0.900. The number of aliphatic hydroxyl groups is 2. The number of rotatable bonds is 38. The maximum Gasteiger partial charge on any atom is 0.472 e. The highest BCUT2D eigenvalue weighted by Gasteiger charge is 2.36. The van der Waals surface area contributed by atoms with Crippen LogP contribution in [0.3, 0.4) is 0 Å². The molecule has 0 aliphatic carbocycles. The summed E-state index contributed by atoms with van der Waals surface area (Å²) in [5.74, 6) is -0.942. The molecule has 1 rings (SSSR count). The van der Waals surface area contributed by atoms with Crippen LogP contribution >= 0.6 is 7.82 Å². The normalized spacial score (nSPS) is 17.9. The molecular weight excluding hydrogens is 687 g/mol. The molecule has 0 aromatic rings. The second kappa shape index (κ2) is 33.0. The fourth-order valence-corrected chi connectivity index (χ4v) is 6.79. The second-order valence-electron chi connectivity index (χ2n) is 14.4. The van der Waals surface area contributed by atoms with Crippen molar-refractivity contribution in [2.45, 2.75) is 205 Å². The van der Waals surface area contributed by atoms with Gasteiger partial charge in [0.25, 0.3) is 0 Å². The van der Waals surface area contributed by atoms with Gasteiger partial charge >= 0.3 is 19.8 Å². The number of aliphatic hydroxyl groups excluding tert-OH is 2. The third-order valence-corrected chi connectivity index (χ3v) is 10.3. The van der Waals surface area contributed by atoms with Crippen molar-refractivity contribution >= 4 is 19.8 Å². The van der Waals surface area contributed by atoms with Crippen molar-refractivity contribution in [2.24, 2.45) is 0 Å². The first-order valence-electron chi connectivity index (χ1n) is 20.8. The number of epoxide rings is 1. The minimum atomic E-state index is -4.62. The van der Waals surface area contributed by atoms with E-state index in [-0.39, 0.29) is 19.4 Å². The molecule has 0 radical (unpaired) electrons. The maximum atomic E-state index is 12.6. The van der Waals surface area contributed by atoms with Crippen molar-refractivity contribution in [2.75, 3.05) is 26.4 Å². The van der Waals surface area contributed by atoms with E-state index >= 15 is 0 Å². The van der Waals surface area contributed by atoms with Crippen LogP contribution in [0.2, 0.25) is 0 Å². The molecule has 1 aliphatic heterocycles. The lowest BCUT2D eigenvalue weighted by atomic mass is 10.0. The zero-order valence-electron chi connectivity index (χ0n) is 32.7. The third-order valence-electron chi connectivity index (χ3n) is 9.34. The van der Waals surface area contributed by atoms with Crippen molar-refractivity contribution in [1.29, 1.82) is 0 Å². The molecule has 3 N–H and O–H groups in total. The number of ether oxygens (including phenoxy) is 3. The van der Waals surface area contributed by atoms with Crippen LogP contribution < -0.4 is 0 Å². The van der Waals surface area contributed by atoms with Gasteiger partial charge in [-0.05, 0) is 38.5 Å². The van der Waals surface area contributed by atoms with Crippen LogP contribution in [0.1, 0.15) is 181 Å². The van der Waals surface area contributed by atoms with Crippen LogP contribution in [0, 0.1) is 0 Å². The van der Waals surface area contributed by atoms with Crippen molar-refractivity contribution < 1.29 is 52.5 Å². The lowest BCUT2D eigenvalue weighted by Gasteiger charge is -2.20. The van der Waals surface area contributed by atoms with E-state index in [0.29, 0.717) is 25.0 Å². The first-order valence-corrected chi connectivity index (χ1v) is 22.3. The van der Waals surface area contributed by atoms with E-state index in [2.05, 4.69) is 30.5 Å². The van der Waals surface area contributed by atoms with Crippen LogP contribution in [0.4, 0.5) is 0 Å². The molecular formula is C40H75O11P. The van der Waals surface area contributed by atoms with Crippen LogP contribution in [0.15, 0.2) is 12.2 Å². The van der Waals surface area contributed by atoms with Crippen molar-refractivity contribution in [3.8, 4) is 0 Å². The molecule has 1 fully saturated rings. The van der Waals surface area contributed by atoms with E-state index in [1.54, 1.807) is 0 Å². The minimum absolute atomic E-state index is 0.164. The molecule has 0 aromatic carbocycles. The van der Waals surface area contributed by atoms with E-state index < -0.39 is 51.8 Å². The number of esters is 2. The van der Waals surface area contributed by atoms with Gasteiger partial charge in [0.1, 0.15) is 12.7 Å². The number of phosphoric ester groups is 1. The Bertz CT molecular complexity index is 946. The van der Waals surface area contributed by atoms with Crippen LogP contribution in [0.5, 0.6) is 0 Å². The van der Waals surface area contributed by atoms with Gasteiger partial charge in [-0.1, -0.05) is 142 Å². The number of phosphoric acid groups is 1. The SMILES string of the molecule is CCCCC/C=C\CC1OC1CCCCCCCC(=O)O[C@H](COC(=O)CCCCCCCCCCCCCCC)COP(=O)(O)OC[C@@H](O)CO. The van der Waals surface area contributed by atoms with Crippen LogP contribution in [0.25, 0.3) is 0 Å². The molecule has 3 unspecified atom stereocenters. The topological polar surface area (TPSA) is 161 Å². The number of carbonyl (C=O) groups excluding carboxylic acids is 2. The maximum absolute atomic E-state index is 12.6. The van der Waals surface area contributed by atoms with Gasteiger partial charge in [0.05, 0.1) is 32.0 Å². The number of carbonyl (C=O) groups is 2. The van der Waals surface area contributed by atoms with Gasteiger partial charge in [0, 0.05) is 12.8 Å². The Hall–Kier alpha value is -1.33. The van der Waals surface area contributed by atoms with E-state index in [4.69, 9.17) is 23.8 Å². The van der Waals surface area contributed by atoms with E-state index in [0.717, 1.165) is 64.2 Å². The van der Waals surface area contributed by atoms with E-state index in [9.17, 15) is 24.2 Å². The van der Waals surface area contributed by atoms with E-state index in [1.807, 2.05) is 0 Å². The summed E-state index contributed by atoms with van der Waals surface area (Å²) >= 11 is 0. The van der Waals surface area contributed by atoms with Gasteiger partial charge < -0.3 is 29.3 Å². The van der Waals surface area contributed by atoms with Gasteiger partial charge in [-0.3, -0.25) is 18.6 Å². The number of hydrogen-bond acceptors (Lipinski definition) is 10. The summed E-state index contributed by atoms with van der Waals surface area (Å²) in [5, 5.41) is 18.3. The number of hydrogen-bond donors (Lipinski definition) is 3. The molecule has 0 spiro atoms. The molecule has 5 atom stereocenters. The molecule has 11 nitrogen and oxygen atoms in total. The molecule has 52 heavy (non-hydrogen) atoms. The van der Waals surface area contributed by atoms with E-state index in [1.165, 1.54) is 77.0 Å². The first kappa shape index (κ1) is 48.7. The number of unbranched alkanes of at least 4 members (excludes halogenated alkanes) is 19. The Morgan fingerprint density at radius 1 is 0.673 bits per heavy atom. The largest absolute Gasteiger partial charge is 0.472 e. The Balaban J connectivity index is 2.27. The lowest BCUT2D eigenvalue weighted by molar-refractivity contribution is -0.161. The summed E-state index contributed by atoms with van der Waals surface area (Å²) in [6.07, 6.45) is 30.5. The number of allylic oxidation sites excluding steroid dienone is 1. The first-order chi connectivity index (χ1) is 25.2. The average Bonchev–Trinajstić information content (AvgIpc) is 3.89. The summed E-state index contributed by atoms with van der Waals surface area (Å²) in [6, 6.07) is 0.